The van der Waals surface area contributed by atoms with Crippen LogP contribution in [0.15, 0.2) is 24.5 Å². The van der Waals surface area contributed by atoms with Gasteiger partial charge in [-0.3, -0.25) is 0 Å². The number of benzene rings is 1. The molecule has 2 aromatic rings. The number of methoxy groups -OCH3 is 1. The molecule has 1 aromatic carbocycles. The second-order valence-corrected chi connectivity index (χ2v) is 3.76. The number of carbonyl (C=O) groups is 1. The summed E-state index contributed by atoms with van der Waals surface area (Å²) < 4.78 is 18.6. The van der Waals surface area contributed by atoms with Gasteiger partial charge in [0.25, 0.3) is 0 Å². The number of aromatic amines is 1. The number of aromatic nitrogens is 2. The van der Waals surface area contributed by atoms with Crippen LogP contribution in [0.4, 0.5) is 4.39 Å². The van der Waals surface area contributed by atoms with Gasteiger partial charge in [0, 0.05) is 11.6 Å². The number of carboxylic acids is 1. The molecule has 1 unspecified atom stereocenters. The van der Waals surface area contributed by atoms with Crippen LogP contribution in [-0.2, 0) is 0 Å². The Hall–Kier alpha value is -2.41. The van der Waals surface area contributed by atoms with Crippen molar-refractivity contribution in [3.63, 3.8) is 0 Å². The number of halogens is 1. The Labute approximate surface area is 107 Å². The van der Waals surface area contributed by atoms with E-state index in [1.165, 1.54) is 19.2 Å². The van der Waals surface area contributed by atoms with Gasteiger partial charge in [0.15, 0.2) is 5.69 Å². The van der Waals surface area contributed by atoms with E-state index in [2.05, 4.69) is 9.97 Å². The van der Waals surface area contributed by atoms with Crippen molar-refractivity contribution in [1.29, 1.82) is 0 Å². The van der Waals surface area contributed by atoms with E-state index in [0.29, 0.717) is 5.75 Å². The Morgan fingerprint density at radius 2 is 2.26 bits per heavy atom. The Morgan fingerprint density at radius 1 is 1.53 bits per heavy atom. The van der Waals surface area contributed by atoms with Gasteiger partial charge in [-0.2, -0.15) is 0 Å². The molecule has 0 fully saturated rings. The minimum atomic E-state index is -1.44. The molecule has 2 rings (SSSR count). The number of hydrogen-bond acceptors (Lipinski definition) is 4. The predicted molar refractivity (Wildman–Crippen MR) is 62.6 cm³/mol. The molecular weight excluding hydrogens is 255 g/mol. The molecule has 6 nitrogen and oxygen atoms in total. The van der Waals surface area contributed by atoms with E-state index in [1.807, 2.05) is 0 Å². The molecule has 7 heteroatoms. The zero-order valence-electron chi connectivity index (χ0n) is 9.92. The van der Waals surface area contributed by atoms with Crippen LogP contribution in [0, 0.1) is 5.82 Å². The number of H-pyrrole nitrogens is 1. The summed E-state index contributed by atoms with van der Waals surface area (Å²) in [7, 11) is 1.39. The van der Waals surface area contributed by atoms with Crippen LogP contribution in [0.5, 0.6) is 5.75 Å². The Kier molecular flexibility index (Phi) is 3.48. The van der Waals surface area contributed by atoms with Crippen molar-refractivity contribution in [2.24, 2.45) is 0 Å². The maximum atomic E-state index is 13.8. The fourth-order valence-electron chi connectivity index (χ4n) is 1.70. The second-order valence-electron chi connectivity index (χ2n) is 3.76. The van der Waals surface area contributed by atoms with Crippen LogP contribution in [0.3, 0.4) is 0 Å². The first kappa shape index (κ1) is 13.0. The van der Waals surface area contributed by atoms with E-state index in [9.17, 15) is 14.3 Å². The lowest BCUT2D eigenvalue weighted by molar-refractivity contribution is 0.0685. The molecule has 0 bridgehead atoms. The first-order chi connectivity index (χ1) is 9.04. The van der Waals surface area contributed by atoms with E-state index in [4.69, 9.17) is 9.84 Å². The van der Waals surface area contributed by atoms with E-state index < -0.39 is 17.9 Å². The van der Waals surface area contributed by atoms with Crippen molar-refractivity contribution in [2.45, 2.75) is 6.10 Å². The number of imidazole rings is 1. The smallest absolute Gasteiger partial charge is 0.356 e. The van der Waals surface area contributed by atoms with Crippen molar-refractivity contribution in [2.75, 3.05) is 7.11 Å². The van der Waals surface area contributed by atoms with E-state index in [1.54, 1.807) is 0 Å². The van der Waals surface area contributed by atoms with Crippen molar-refractivity contribution in [1.82, 2.24) is 9.97 Å². The first-order valence-corrected chi connectivity index (χ1v) is 5.32. The van der Waals surface area contributed by atoms with Crippen molar-refractivity contribution < 1.29 is 24.1 Å². The largest absolute Gasteiger partial charge is 0.497 e. The topological polar surface area (TPSA) is 95.4 Å². The quantitative estimate of drug-likeness (QED) is 0.776. The monoisotopic (exact) mass is 266 g/mol. The minimum absolute atomic E-state index is 0.0625. The van der Waals surface area contributed by atoms with E-state index in [-0.39, 0.29) is 17.0 Å². The number of aliphatic hydroxyl groups excluding tert-OH is 1. The lowest BCUT2D eigenvalue weighted by atomic mass is 10.0. The van der Waals surface area contributed by atoms with E-state index in [0.717, 1.165) is 12.4 Å². The van der Waals surface area contributed by atoms with Gasteiger partial charge < -0.3 is 19.9 Å². The summed E-state index contributed by atoms with van der Waals surface area (Å²) in [5.41, 5.74) is -0.480. The predicted octanol–water partition coefficient (Wildman–Crippen LogP) is 1.34. The number of aromatic carboxylic acids is 1. The van der Waals surface area contributed by atoms with Gasteiger partial charge >= 0.3 is 5.97 Å². The summed E-state index contributed by atoms with van der Waals surface area (Å²) >= 11 is 0. The molecule has 100 valence electrons. The number of nitrogens with one attached hydrogen (secondary N) is 1. The first-order valence-electron chi connectivity index (χ1n) is 5.32. The molecule has 0 aliphatic carbocycles. The SMILES string of the molecule is COc1ccc(C(O)c2[nH]cnc2C(=O)O)c(F)c1. The average molecular weight is 266 g/mol. The zero-order valence-corrected chi connectivity index (χ0v) is 9.92. The van der Waals surface area contributed by atoms with Crippen LogP contribution in [-0.4, -0.2) is 33.3 Å². The minimum Gasteiger partial charge on any atom is -0.497 e. The fraction of sp³-hybridized carbons (Fsp3) is 0.167. The number of carboxylic acid groups (broad SMARTS) is 1. The highest BCUT2D eigenvalue weighted by molar-refractivity contribution is 5.86. The highest BCUT2D eigenvalue weighted by Crippen LogP contribution is 2.27. The number of aliphatic hydroxyl groups is 1. The number of nitrogens with zero attached hydrogens (tertiary/aromatic N) is 1. The van der Waals surface area contributed by atoms with Gasteiger partial charge in [0.1, 0.15) is 17.7 Å². The molecule has 3 N–H and O–H groups in total. The highest BCUT2D eigenvalue weighted by Gasteiger charge is 2.23. The molecule has 0 amide bonds. The summed E-state index contributed by atoms with van der Waals surface area (Å²) in [6, 6.07) is 3.90. The Bertz CT molecular complexity index is 612. The number of ether oxygens (including phenoxy) is 1. The summed E-state index contributed by atoms with van der Waals surface area (Å²) in [4.78, 5) is 17.0. The van der Waals surface area contributed by atoms with Gasteiger partial charge in [0.05, 0.1) is 19.1 Å². The molecule has 1 aromatic heterocycles. The molecular formula is C12H11FN2O4. The molecule has 0 spiro atoms. The molecule has 19 heavy (non-hydrogen) atoms. The van der Waals surface area contributed by atoms with Gasteiger partial charge in [-0.25, -0.2) is 14.2 Å². The molecule has 0 aliphatic rings. The summed E-state index contributed by atoms with van der Waals surface area (Å²) in [6.45, 7) is 0. The van der Waals surface area contributed by atoms with Crippen LogP contribution in [0.2, 0.25) is 0 Å². The molecule has 1 atom stereocenters. The Morgan fingerprint density at radius 3 is 2.84 bits per heavy atom. The zero-order chi connectivity index (χ0) is 14.0. The second kappa shape index (κ2) is 5.07. The van der Waals surface area contributed by atoms with Crippen LogP contribution >= 0.6 is 0 Å². The normalized spacial score (nSPS) is 12.2. The van der Waals surface area contributed by atoms with Crippen molar-refractivity contribution in [3.8, 4) is 5.75 Å². The molecule has 0 saturated carbocycles. The Balaban J connectivity index is 2.41. The molecule has 0 radical (unpaired) electrons. The van der Waals surface area contributed by atoms with Crippen molar-refractivity contribution in [3.05, 3.63) is 47.3 Å². The number of rotatable bonds is 4. The molecule has 1 heterocycles. The lowest BCUT2D eigenvalue weighted by Crippen LogP contribution is -2.09. The van der Waals surface area contributed by atoms with Crippen LogP contribution in [0.25, 0.3) is 0 Å². The maximum Gasteiger partial charge on any atom is 0.356 e. The van der Waals surface area contributed by atoms with Gasteiger partial charge in [-0.1, -0.05) is 0 Å². The number of hydrogen-bond donors (Lipinski definition) is 3. The lowest BCUT2D eigenvalue weighted by Gasteiger charge is -2.12. The van der Waals surface area contributed by atoms with Crippen LogP contribution in [0.1, 0.15) is 27.8 Å². The summed E-state index contributed by atoms with van der Waals surface area (Å²) in [5, 5.41) is 18.9. The highest BCUT2D eigenvalue weighted by atomic mass is 19.1. The standard InChI is InChI=1S/C12H11FN2O4/c1-19-6-2-3-7(8(13)4-6)11(16)9-10(12(17)18)15-5-14-9/h2-5,11,16H,1H3,(H,14,15)(H,17,18). The summed E-state index contributed by atoms with van der Waals surface area (Å²) in [6.07, 6.45) is -0.316. The third kappa shape index (κ3) is 2.41. The van der Waals surface area contributed by atoms with Gasteiger partial charge in [0.2, 0.25) is 0 Å². The third-order valence-electron chi connectivity index (χ3n) is 2.65. The molecule has 0 aliphatic heterocycles. The third-order valence-corrected chi connectivity index (χ3v) is 2.65. The van der Waals surface area contributed by atoms with Crippen molar-refractivity contribution >= 4 is 5.97 Å². The van der Waals surface area contributed by atoms with Gasteiger partial charge in [-0.15, -0.1) is 0 Å². The fourth-order valence-corrected chi connectivity index (χ4v) is 1.70. The average Bonchev–Trinajstić information content (AvgIpc) is 2.87. The molecule has 0 saturated heterocycles. The maximum absolute atomic E-state index is 13.8. The van der Waals surface area contributed by atoms with Crippen LogP contribution < -0.4 is 4.74 Å². The summed E-state index contributed by atoms with van der Waals surface area (Å²) in [5.74, 6) is -1.70. The van der Waals surface area contributed by atoms with E-state index >= 15 is 0 Å². The van der Waals surface area contributed by atoms with Gasteiger partial charge in [-0.05, 0) is 12.1 Å².